The first kappa shape index (κ1) is 34.6. The van der Waals surface area contributed by atoms with Crippen LogP contribution in [0.5, 0.6) is 0 Å². The van der Waals surface area contributed by atoms with Crippen LogP contribution in [-0.4, -0.2) is 67.0 Å². The number of rotatable bonds is 15. The second-order valence-electron chi connectivity index (χ2n) is 11.3. The minimum absolute atomic E-state index is 0.00914. The third-order valence-electron chi connectivity index (χ3n) is 7.46. The van der Waals surface area contributed by atoms with Crippen LogP contribution in [-0.2, 0) is 0 Å². The lowest BCUT2D eigenvalue weighted by Gasteiger charge is -2.31. The molecule has 20 heteroatoms. The molecule has 240 valence electrons. The quantitative estimate of drug-likeness (QED) is 0.0330. The number of aromatic nitrogens is 3. The first-order chi connectivity index (χ1) is 20.1. The van der Waals surface area contributed by atoms with E-state index in [0.29, 0.717) is 24.6 Å². The average molecular weight is 605 g/mol. The Hall–Kier alpha value is -4.59. The highest BCUT2D eigenvalue weighted by Crippen LogP contribution is 2.29. The van der Waals surface area contributed by atoms with E-state index in [4.69, 9.17) is 39.7 Å². The summed E-state index contributed by atoms with van der Waals surface area (Å²) in [5.74, 6) is 6.65. The molecule has 43 heavy (non-hydrogen) atoms. The van der Waals surface area contributed by atoms with Crippen molar-refractivity contribution in [3.63, 3.8) is 0 Å². The number of nitrogens with one attached hydrogen (secondary N) is 5. The summed E-state index contributed by atoms with van der Waals surface area (Å²) in [6, 6.07) is -0.102. The molecule has 0 spiro atoms. The summed E-state index contributed by atoms with van der Waals surface area (Å²) in [6.07, 6.45) is 2.04. The molecule has 0 amide bonds. The lowest BCUT2D eigenvalue weighted by molar-refractivity contribution is 0.0749. The number of hydrazone groups is 1. The molecule has 1 aliphatic heterocycles. The molecule has 15 N–H and O–H groups in total. The van der Waals surface area contributed by atoms with Crippen molar-refractivity contribution >= 4 is 41.3 Å². The van der Waals surface area contributed by atoms with Gasteiger partial charge in [0.25, 0.3) is 5.95 Å². The predicted octanol–water partition coefficient (Wildman–Crippen LogP) is 0.687. The van der Waals surface area contributed by atoms with Crippen LogP contribution in [0.15, 0.2) is 25.5 Å². The standard InChI is InChI=1S/C23H48N20/c1-12(2)14(5)41(40-29)22-32-18(27)42(39-22)19(28)35-34-17(26)31-20-33-21(37-36-20)43(30)38-16(25)11-9-8-10-15(24)23(6,7)13(3)4/h12-14,22,24,29,39H,8-11,30H2,1-7H3,(H2,25,38)(H2,27,32)(H2,28,35)(H4,26,31,33,34,36,37). The van der Waals surface area contributed by atoms with Crippen LogP contribution in [0.4, 0.5) is 11.9 Å². The van der Waals surface area contributed by atoms with Crippen LogP contribution >= 0.6 is 0 Å². The Morgan fingerprint density at radius 3 is 2.37 bits per heavy atom. The summed E-state index contributed by atoms with van der Waals surface area (Å²) in [5.41, 5.74) is 34.9. The van der Waals surface area contributed by atoms with E-state index >= 15 is 0 Å². The van der Waals surface area contributed by atoms with E-state index in [0.717, 1.165) is 23.7 Å². The van der Waals surface area contributed by atoms with Gasteiger partial charge >= 0.3 is 0 Å². The van der Waals surface area contributed by atoms with Crippen molar-refractivity contribution in [2.75, 3.05) is 10.4 Å². The van der Waals surface area contributed by atoms with E-state index in [9.17, 15) is 0 Å². The topological polar surface area (TPSA) is 315 Å². The molecule has 0 saturated carbocycles. The Labute approximate surface area is 251 Å². The minimum atomic E-state index is -0.747. The maximum Gasteiger partial charge on any atom is 0.282 e. The normalized spacial score (nSPS) is 17.3. The molecule has 20 nitrogen and oxygen atoms in total. The Bertz CT molecular complexity index is 1210. The minimum Gasteiger partial charge on any atom is -0.386 e. The van der Waals surface area contributed by atoms with Gasteiger partial charge in [0.15, 0.2) is 0 Å². The zero-order valence-corrected chi connectivity index (χ0v) is 26.0. The maximum absolute atomic E-state index is 8.36. The van der Waals surface area contributed by atoms with Gasteiger partial charge in [0.05, 0.1) is 6.04 Å². The number of aliphatic imine (C=N–C) groups is 1. The molecular weight excluding hydrogens is 556 g/mol. The van der Waals surface area contributed by atoms with Crippen LogP contribution in [0.2, 0.25) is 0 Å². The van der Waals surface area contributed by atoms with E-state index in [2.05, 4.69) is 79.1 Å². The Kier molecular flexibility index (Phi) is 12.1. The monoisotopic (exact) mass is 604 g/mol. The lowest BCUT2D eigenvalue weighted by Crippen LogP contribution is -2.55. The Morgan fingerprint density at radius 1 is 1.12 bits per heavy atom. The molecule has 0 saturated heterocycles. The highest BCUT2D eigenvalue weighted by atomic mass is 15.8. The third kappa shape index (κ3) is 9.46. The zero-order valence-electron chi connectivity index (χ0n) is 26.0. The van der Waals surface area contributed by atoms with Gasteiger partial charge in [-0.3, -0.25) is 5.32 Å². The molecule has 2 heterocycles. The lowest BCUT2D eigenvalue weighted by atomic mass is 9.75. The molecule has 0 aliphatic carbocycles. The summed E-state index contributed by atoms with van der Waals surface area (Å²) in [7, 11) is 0. The SMILES string of the molecule is CC(C)C(C)N(N=N)C1N=C(N)N(/C(N)=N/N=C(\N)Nc2nc(N(N)/N=C(\N)CCCCC(=N)C(C)(C)C(C)C)n[nH]2)N1. The van der Waals surface area contributed by atoms with Crippen molar-refractivity contribution in [1.29, 1.82) is 10.9 Å². The smallest absolute Gasteiger partial charge is 0.282 e. The summed E-state index contributed by atoms with van der Waals surface area (Å²) in [4.78, 5) is 8.39. The number of anilines is 2. The van der Waals surface area contributed by atoms with Gasteiger partial charge in [-0.15, -0.1) is 20.4 Å². The van der Waals surface area contributed by atoms with E-state index in [1.807, 2.05) is 20.8 Å². The van der Waals surface area contributed by atoms with Gasteiger partial charge in [0, 0.05) is 17.5 Å². The van der Waals surface area contributed by atoms with Gasteiger partial charge in [-0.05, 0) is 38.0 Å². The molecule has 2 atom stereocenters. The summed E-state index contributed by atoms with van der Waals surface area (Å²) in [5, 5.41) is 36.5. The Balaban J connectivity index is 1.90. The van der Waals surface area contributed by atoms with E-state index in [1.54, 1.807) is 0 Å². The number of nitrogens with zero attached hydrogens (tertiary/aromatic N) is 10. The fourth-order valence-electron chi connectivity index (χ4n) is 3.59. The number of guanidine groups is 3. The van der Waals surface area contributed by atoms with Gasteiger partial charge in [-0.1, -0.05) is 46.8 Å². The molecule has 2 rings (SSSR count). The molecule has 2 unspecified atom stereocenters. The predicted molar refractivity (Wildman–Crippen MR) is 168 cm³/mol. The molecule has 0 radical (unpaired) electrons. The van der Waals surface area contributed by atoms with Crippen LogP contribution in [0.1, 0.15) is 74.1 Å². The molecule has 1 aromatic heterocycles. The van der Waals surface area contributed by atoms with Gasteiger partial charge in [-0.25, -0.2) is 26.0 Å². The number of amidine groups is 1. The van der Waals surface area contributed by atoms with Crippen molar-refractivity contribution < 1.29 is 0 Å². The van der Waals surface area contributed by atoms with Crippen LogP contribution in [0, 0.1) is 28.2 Å². The summed E-state index contributed by atoms with van der Waals surface area (Å²) < 4.78 is 0. The first-order valence-electron chi connectivity index (χ1n) is 13.9. The van der Waals surface area contributed by atoms with E-state index in [1.165, 1.54) is 10.0 Å². The largest absolute Gasteiger partial charge is 0.386 e. The number of nitrogens with two attached hydrogens (primary N) is 5. The van der Waals surface area contributed by atoms with Crippen LogP contribution in [0.3, 0.4) is 0 Å². The summed E-state index contributed by atoms with van der Waals surface area (Å²) in [6.45, 7) is 14.4. The Morgan fingerprint density at radius 2 is 1.77 bits per heavy atom. The number of H-pyrrole nitrogens is 1. The van der Waals surface area contributed by atoms with Crippen molar-refractivity contribution in [3.8, 4) is 0 Å². The van der Waals surface area contributed by atoms with Crippen molar-refractivity contribution in [2.45, 2.75) is 86.5 Å². The van der Waals surface area contributed by atoms with E-state index < -0.39 is 6.29 Å². The molecule has 1 aromatic rings. The average Bonchev–Trinajstić information content (AvgIpc) is 3.56. The number of unbranched alkanes of at least 4 members (excludes halogenated alkanes) is 1. The molecule has 0 bridgehead atoms. The van der Waals surface area contributed by atoms with Crippen molar-refractivity contribution in [2.24, 2.45) is 71.5 Å². The van der Waals surface area contributed by atoms with Gasteiger partial charge in [-0.2, -0.15) is 21.1 Å². The fourth-order valence-corrected chi connectivity index (χ4v) is 3.59. The van der Waals surface area contributed by atoms with Crippen molar-refractivity contribution in [1.82, 2.24) is 30.6 Å². The zero-order chi connectivity index (χ0) is 32.5. The van der Waals surface area contributed by atoms with Gasteiger partial charge < -0.3 is 28.3 Å². The molecular formula is C23H48N20. The number of hydrogen-bond acceptors (Lipinski definition) is 13. The number of hydrazine groups is 2. The second-order valence-corrected chi connectivity index (χ2v) is 11.3. The second kappa shape index (κ2) is 15.0. The highest BCUT2D eigenvalue weighted by Gasteiger charge is 2.33. The van der Waals surface area contributed by atoms with E-state index in [-0.39, 0.29) is 47.2 Å². The van der Waals surface area contributed by atoms with Gasteiger partial charge in [0.1, 0.15) is 5.84 Å². The van der Waals surface area contributed by atoms with Gasteiger partial charge in [0.2, 0.25) is 30.1 Å². The third-order valence-corrected chi connectivity index (χ3v) is 7.46. The van der Waals surface area contributed by atoms with Crippen LogP contribution < -0.4 is 44.6 Å². The molecule has 0 fully saturated rings. The van der Waals surface area contributed by atoms with Crippen molar-refractivity contribution in [3.05, 3.63) is 0 Å². The molecule has 1 aliphatic rings. The summed E-state index contributed by atoms with van der Waals surface area (Å²) >= 11 is 0. The maximum atomic E-state index is 8.36. The first-order valence-corrected chi connectivity index (χ1v) is 13.9. The molecule has 0 aromatic carbocycles. The van der Waals surface area contributed by atoms with Crippen LogP contribution in [0.25, 0.3) is 0 Å². The number of hydrogen-bond donors (Lipinski definition) is 10. The number of aromatic amines is 1. The highest BCUT2D eigenvalue weighted by molar-refractivity contribution is 5.98. The fraction of sp³-hybridized carbons (Fsp3) is 0.696.